The first-order valence-corrected chi connectivity index (χ1v) is 7.95. The van der Waals surface area contributed by atoms with Gasteiger partial charge in [-0.15, -0.1) is 0 Å². The number of nitrogens with zero attached hydrogens (tertiary/aromatic N) is 2. The van der Waals surface area contributed by atoms with Gasteiger partial charge < -0.3 is 14.6 Å². The molecule has 1 aromatic carbocycles. The zero-order valence-corrected chi connectivity index (χ0v) is 14.1. The summed E-state index contributed by atoms with van der Waals surface area (Å²) in [5, 5.41) is 4.22. The van der Waals surface area contributed by atoms with E-state index in [0.29, 0.717) is 5.39 Å². The Bertz CT molecular complexity index is 948. The van der Waals surface area contributed by atoms with E-state index in [9.17, 15) is 9.59 Å². The first-order chi connectivity index (χ1) is 12.1. The fraction of sp³-hybridized carbons (Fsp3) is 0.211. The van der Waals surface area contributed by atoms with E-state index in [4.69, 9.17) is 4.74 Å². The monoisotopic (exact) mass is 337 g/mol. The summed E-state index contributed by atoms with van der Waals surface area (Å²) in [4.78, 5) is 28.7. The van der Waals surface area contributed by atoms with E-state index in [1.165, 1.54) is 4.57 Å². The van der Waals surface area contributed by atoms with Crippen molar-refractivity contribution >= 4 is 16.7 Å². The summed E-state index contributed by atoms with van der Waals surface area (Å²) in [7, 11) is 1.61. The molecule has 0 spiro atoms. The van der Waals surface area contributed by atoms with Gasteiger partial charge in [0.2, 0.25) is 5.91 Å². The maximum atomic E-state index is 12.4. The molecule has 0 aliphatic rings. The van der Waals surface area contributed by atoms with Gasteiger partial charge in [0.25, 0.3) is 5.56 Å². The van der Waals surface area contributed by atoms with Crippen LogP contribution >= 0.6 is 0 Å². The largest absolute Gasteiger partial charge is 0.497 e. The topological polar surface area (TPSA) is 73.2 Å². The highest BCUT2D eigenvalue weighted by atomic mass is 16.5. The minimum absolute atomic E-state index is 0.0302. The molecule has 6 heteroatoms. The molecule has 1 atom stereocenters. The third kappa shape index (κ3) is 3.68. The molecule has 25 heavy (non-hydrogen) atoms. The Morgan fingerprint density at radius 1 is 1.24 bits per heavy atom. The summed E-state index contributed by atoms with van der Waals surface area (Å²) < 4.78 is 6.53. The van der Waals surface area contributed by atoms with E-state index < -0.39 is 0 Å². The summed E-state index contributed by atoms with van der Waals surface area (Å²) in [6, 6.07) is 10.8. The third-order valence-electron chi connectivity index (χ3n) is 4.08. The van der Waals surface area contributed by atoms with E-state index >= 15 is 0 Å². The highest BCUT2D eigenvalue weighted by Crippen LogP contribution is 2.17. The van der Waals surface area contributed by atoms with Gasteiger partial charge >= 0.3 is 0 Å². The number of hydrogen-bond acceptors (Lipinski definition) is 4. The van der Waals surface area contributed by atoms with Crippen LogP contribution in [0.4, 0.5) is 0 Å². The number of ether oxygens (including phenoxy) is 1. The predicted octanol–water partition coefficient (Wildman–Crippen LogP) is 2.28. The molecule has 2 aromatic heterocycles. The fourth-order valence-electron chi connectivity index (χ4n) is 2.67. The normalized spacial score (nSPS) is 11.9. The van der Waals surface area contributed by atoms with Gasteiger partial charge in [-0.25, -0.2) is 0 Å². The zero-order valence-electron chi connectivity index (χ0n) is 14.1. The second-order valence-electron chi connectivity index (χ2n) is 5.77. The van der Waals surface area contributed by atoms with Crippen LogP contribution in [0.25, 0.3) is 10.8 Å². The number of methoxy groups -OCH3 is 1. The van der Waals surface area contributed by atoms with Crippen LogP contribution in [0, 0.1) is 0 Å². The lowest BCUT2D eigenvalue weighted by molar-refractivity contribution is -0.122. The number of carbonyl (C=O) groups excluding carboxylic acids is 1. The van der Waals surface area contributed by atoms with Crippen LogP contribution in [0.1, 0.15) is 18.5 Å². The number of aromatic nitrogens is 2. The van der Waals surface area contributed by atoms with E-state index in [1.807, 2.05) is 31.2 Å². The molecular formula is C19H19N3O3. The van der Waals surface area contributed by atoms with Crippen molar-refractivity contribution in [2.45, 2.75) is 19.5 Å². The maximum absolute atomic E-state index is 12.4. The molecule has 0 fully saturated rings. The van der Waals surface area contributed by atoms with Gasteiger partial charge in [0.1, 0.15) is 12.3 Å². The number of amides is 1. The van der Waals surface area contributed by atoms with Crippen molar-refractivity contribution in [2.75, 3.05) is 7.11 Å². The SMILES string of the molecule is COc1ccc([C@H](C)NC(=O)Cn2ccc3cnccc3c2=O)cc1. The number of fused-ring (bicyclic) bond motifs is 1. The van der Waals surface area contributed by atoms with Crippen molar-refractivity contribution in [1.82, 2.24) is 14.9 Å². The fourth-order valence-corrected chi connectivity index (χ4v) is 2.67. The number of hydrogen-bond donors (Lipinski definition) is 1. The Hall–Kier alpha value is -3.15. The van der Waals surface area contributed by atoms with Gasteiger partial charge in [0.05, 0.1) is 18.5 Å². The highest BCUT2D eigenvalue weighted by Gasteiger charge is 2.11. The zero-order chi connectivity index (χ0) is 17.8. The number of carbonyl (C=O) groups is 1. The van der Waals surface area contributed by atoms with Crippen molar-refractivity contribution in [3.8, 4) is 5.75 Å². The molecule has 0 saturated heterocycles. The van der Waals surface area contributed by atoms with Crippen LogP contribution in [0.3, 0.4) is 0 Å². The Morgan fingerprint density at radius 3 is 2.72 bits per heavy atom. The molecule has 128 valence electrons. The first kappa shape index (κ1) is 16.7. The summed E-state index contributed by atoms with van der Waals surface area (Å²) in [5.41, 5.74) is 0.762. The smallest absolute Gasteiger partial charge is 0.259 e. The van der Waals surface area contributed by atoms with Crippen molar-refractivity contribution in [1.29, 1.82) is 0 Å². The van der Waals surface area contributed by atoms with Gasteiger partial charge in [0, 0.05) is 24.0 Å². The quantitative estimate of drug-likeness (QED) is 0.775. The molecule has 0 aliphatic heterocycles. The van der Waals surface area contributed by atoms with Gasteiger partial charge in [-0.05, 0) is 36.8 Å². The van der Waals surface area contributed by atoms with E-state index in [1.54, 1.807) is 37.8 Å². The minimum Gasteiger partial charge on any atom is -0.497 e. The standard InChI is InChI=1S/C19H19N3O3/c1-13(14-3-5-16(25-2)6-4-14)21-18(23)12-22-10-8-15-11-20-9-7-17(15)19(22)24/h3-11,13H,12H2,1-2H3,(H,21,23)/t13-/m0/s1. The Balaban J connectivity index is 1.71. The van der Waals surface area contributed by atoms with E-state index in [0.717, 1.165) is 16.7 Å². The summed E-state index contributed by atoms with van der Waals surface area (Å²) >= 11 is 0. The molecule has 0 radical (unpaired) electrons. The third-order valence-corrected chi connectivity index (χ3v) is 4.08. The van der Waals surface area contributed by atoms with Crippen LogP contribution < -0.4 is 15.6 Å². The summed E-state index contributed by atoms with van der Waals surface area (Å²) in [6.45, 7) is 1.87. The molecule has 0 unspecified atom stereocenters. The summed E-state index contributed by atoms with van der Waals surface area (Å²) in [5.74, 6) is 0.540. The van der Waals surface area contributed by atoms with Gasteiger partial charge in [-0.2, -0.15) is 0 Å². The molecule has 3 rings (SSSR count). The van der Waals surface area contributed by atoms with Gasteiger partial charge in [-0.1, -0.05) is 12.1 Å². The van der Waals surface area contributed by atoms with E-state index in [-0.39, 0.29) is 24.1 Å². The molecule has 2 heterocycles. The van der Waals surface area contributed by atoms with Crippen molar-refractivity contribution in [2.24, 2.45) is 0 Å². The minimum atomic E-state index is -0.223. The highest BCUT2D eigenvalue weighted by molar-refractivity contribution is 5.81. The van der Waals surface area contributed by atoms with Crippen LogP contribution in [-0.4, -0.2) is 22.6 Å². The molecule has 1 N–H and O–H groups in total. The second kappa shape index (κ2) is 7.17. The Morgan fingerprint density at radius 2 is 2.00 bits per heavy atom. The first-order valence-electron chi connectivity index (χ1n) is 7.95. The van der Waals surface area contributed by atoms with Crippen molar-refractivity contribution in [3.05, 3.63) is 70.9 Å². The Kier molecular flexibility index (Phi) is 4.79. The van der Waals surface area contributed by atoms with Crippen LogP contribution in [0.15, 0.2) is 59.8 Å². The second-order valence-corrected chi connectivity index (χ2v) is 5.77. The van der Waals surface area contributed by atoms with Crippen LogP contribution in [0.2, 0.25) is 0 Å². The molecule has 6 nitrogen and oxygen atoms in total. The molecule has 0 aliphatic carbocycles. The van der Waals surface area contributed by atoms with Crippen LogP contribution in [0.5, 0.6) is 5.75 Å². The number of benzene rings is 1. The average molecular weight is 337 g/mol. The molecule has 0 saturated carbocycles. The lowest BCUT2D eigenvalue weighted by Gasteiger charge is -2.15. The maximum Gasteiger partial charge on any atom is 0.259 e. The van der Waals surface area contributed by atoms with E-state index in [2.05, 4.69) is 10.3 Å². The number of pyridine rings is 2. The predicted molar refractivity (Wildman–Crippen MR) is 95.6 cm³/mol. The summed E-state index contributed by atoms with van der Waals surface area (Å²) in [6.07, 6.45) is 4.82. The molecule has 0 bridgehead atoms. The van der Waals surface area contributed by atoms with Gasteiger partial charge in [0.15, 0.2) is 0 Å². The molecule has 1 amide bonds. The lowest BCUT2D eigenvalue weighted by atomic mass is 10.1. The Labute approximate surface area is 145 Å². The average Bonchev–Trinajstić information content (AvgIpc) is 2.64. The number of rotatable bonds is 5. The van der Waals surface area contributed by atoms with Gasteiger partial charge in [-0.3, -0.25) is 14.6 Å². The molecule has 3 aromatic rings. The molecular weight excluding hydrogens is 318 g/mol. The van der Waals surface area contributed by atoms with Crippen molar-refractivity contribution in [3.63, 3.8) is 0 Å². The van der Waals surface area contributed by atoms with Crippen LogP contribution in [-0.2, 0) is 11.3 Å². The van der Waals surface area contributed by atoms with Crippen molar-refractivity contribution < 1.29 is 9.53 Å². The number of nitrogens with one attached hydrogen (secondary N) is 1. The lowest BCUT2D eigenvalue weighted by Crippen LogP contribution is -2.33.